The average molecular weight is 442 g/mol. The Labute approximate surface area is 174 Å². The molecule has 1 atom stereocenters. The molecule has 0 aliphatic carbocycles. The lowest BCUT2D eigenvalue weighted by atomic mass is 9.76. The van der Waals surface area contributed by atoms with Crippen molar-refractivity contribution in [1.82, 2.24) is 0 Å². The quantitative estimate of drug-likeness (QED) is 0.370. The van der Waals surface area contributed by atoms with E-state index in [0.29, 0.717) is 11.3 Å². The molecule has 0 spiro atoms. The van der Waals surface area contributed by atoms with Gasteiger partial charge >= 0.3 is 6.18 Å². The largest absolute Gasteiger partial charge is 0.400 e. The highest BCUT2D eigenvalue weighted by atomic mass is 35.5. The number of fused-ring (bicyclic) bond motifs is 1. The van der Waals surface area contributed by atoms with Crippen molar-refractivity contribution in [3.8, 4) is 0 Å². The summed E-state index contributed by atoms with van der Waals surface area (Å²) in [5.74, 6) is 0. The molecule has 0 bridgehead atoms. The second kappa shape index (κ2) is 6.94. The number of alkyl halides is 3. The zero-order valence-corrected chi connectivity index (χ0v) is 16.5. The van der Waals surface area contributed by atoms with Crippen molar-refractivity contribution in [2.75, 3.05) is 6.54 Å². The molecule has 1 radical (unpaired) electrons. The van der Waals surface area contributed by atoms with E-state index in [9.17, 15) is 13.2 Å². The predicted molar refractivity (Wildman–Crippen MR) is 108 cm³/mol. The van der Waals surface area contributed by atoms with Crippen LogP contribution in [0.1, 0.15) is 17.5 Å². The second-order valence-electron chi connectivity index (χ2n) is 6.71. The van der Waals surface area contributed by atoms with E-state index in [1.807, 2.05) is 24.3 Å². The summed E-state index contributed by atoms with van der Waals surface area (Å²) in [7, 11) is 0. The molecule has 0 aromatic heterocycles. The molecule has 1 aliphatic rings. The van der Waals surface area contributed by atoms with Gasteiger partial charge in [0.15, 0.2) is 0 Å². The molecule has 0 N–H and O–H groups in total. The molecule has 28 heavy (non-hydrogen) atoms. The van der Waals surface area contributed by atoms with Gasteiger partial charge in [0.25, 0.3) is 0 Å². The van der Waals surface area contributed by atoms with E-state index in [4.69, 9.17) is 34.8 Å². The molecule has 3 aromatic rings. The Morgan fingerprint density at radius 2 is 1.68 bits per heavy atom. The van der Waals surface area contributed by atoms with Crippen LogP contribution < -0.4 is 0 Å². The lowest BCUT2D eigenvalue weighted by Gasteiger charge is -2.32. The van der Waals surface area contributed by atoms with Crippen molar-refractivity contribution in [3.05, 3.63) is 80.8 Å². The Bertz CT molecular complexity index is 1080. The predicted octanol–water partition coefficient (Wildman–Crippen LogP) is 7.29. The Balaban J connectivity index is 1.83. The third-order valence-corrected chi connectivity index (χ3v) is 6.30. The van der Waals surface area contributed by atoms with E-state index >= 15 is 0 Å². The summed E-state index contributed by atoms with van der Waals surface area (Å²) >= 11 is 18.0. The number of nitrogens with zero attached hydrogens (tertiary/aromatic N) is 1. The Morgan fingerprint density at radius 1 is 1.00 bits per heavy atom. The molecule has 0 fully saturated rings. The van der Waals surface area contributed by atoms with Gasteiger partial charge in [0, 0.05) is 17.7 Å². The molecule has 4 rings (SSSR count). The maximum atomic E-state index is 14.3. The number of aliphatic imine (C=N–C) groups is 1. The van der Waals surface area contributed by atoms with Crippen molar-refractivity contribution < 1.29 is 13.2 Å². The van der Waals surface area contributed by atoms with Crippen molar-refractivity contribution in [3.63, 3.8) is 0 Å². The molecular weight excluding hydrogens is 430 g/mol. The molecule has 1 heterocycles. The first-order chi connectivity index (χ1) is 13.2. The fourth-order valence-corrected chi connectivity index (χ4v) is 4.18. The highest BCUT2D eigenvalue weighted by molar-refractivity contribution is 6.48. The highest BCUT2D eigenvalue weighted by Crippen LogP contribution is 2.50. The zero-order chi connectivity index (χ0) is 20.1. The van der Waals surface area contributed by atoms with Crippen LogP contribution in [0.3, 0.4) is 0 Å². The monoisotopic (exact) mass is 440 g/mol. The van der Waals surface area contributed by atoms with Crippen molar-refractivity contribution in [2.24, 2.45) is 4.99 Å². The minimum absolute atomic E-state index is 0.0130. The van der Waals surface area contributed by atoms with Gasteiger partial charge in [0.1, 0.15) is 5.41 Å². The number of hydrogen-bond donors (Lipinski definition) is 0. The normalized spacial score (nSPS) is 19.9. The van der Waals surface area contributed by atoms with Gasteiger partial charge in [0.05, 0.1) is 21.6 Å². The van der Waals surface area contributed by atoms with Crippen LogP contribution in [0.2, 0.25) is 15.1 Å². The van der Waals surface area contributed by atoms with Crippen molar-refractivity contribution in [2.45, 2.75) is 18.0 Å². The number of rotatable bonds is 2. The first kappa shape index (κ1) is 19.6. The fraction of sp³-hybridized carbons (Fsp3) is 0.190. The van der Waals surface area contributed by atoms with Gasteiger partial charge in [-0.2, -0.15) is 13.2 Å². The number of halogens is 6. The van der Waals surface area contributed by atoms with Crippen LogP contribution in [-0.2, 0) is 5.41 Å². The minimum Gasteiger partial charge on any atom is -0.288 e. The first-order valence-corrected chi connectivity index (χ1v) is 9.51. The summed E-state index contributed by atoms with van der Waals surface area (Å²) in [5, 5.41) is 1.65. The van der Waals surface area contributed by atoms with Gasteiger partial charge < -0.3 is 0 Å². The SMILES string of the molecule is FC(F)(F)C1(c2cc(Cl)c(Cl)c(Cl)c2)CN=C(c2cc[c]c3ccccc23)C1. The van der Waals surface area contributed by atoms with Gasteiger partial charge in [-0.15, -0.1) is 0 Å². The Hall–Kier alpha value is -1.75. The van der Waals surface area contributed by atoms with Gasteiger partial charge in [-0.1, -0.05) is 71.2 Å². The highest BCUT2D eigenvalue weighted by Gasteiger charge is 2.58. The van der Waals surface area contributed by atoms with Crippen LogP contribution >= 0.6 is 34.8 Å². The lowest BCUT2D eigenvalue weighted by Crippen LogP contribution is -2.43. The number of hydrogen-bond acceptors (Lipinski definition) is 1. The summed E-state index contributed by atoms with van der Waals surface area (Å²) in [6.45, 7) is -0.437. The van der Waals surface area contributed by atoms with Crippen LogP contribution in [0, 0.1) is 6.07 Å². The summed E-state index contributed by atoms with van der Waals surface area (Å²) in [6.07, 6.45) is -4.85. The van der Waals surface area contributed by atoms with Crippen LogP contribution in [0.5, 0.6) is 0 Å². The minimum atomic E-state index is -4.55. The van der Waals surface area contributed by atoms with E-state index < -0.39 is 18.1 Å². The summed E-state index contributed by atoms with van der Waals surface area (Å²) < 4.78 is 42.8. The molecule has 0 amide bonds. The molecule has 3 aromatic carbocycles. The van der Waals surface area contributed by atoms with E-state index in [1.165, 1.54) is 12.1 Å². The second-order valence-corrected chi connectivity index (χ2v) is 7.90. The van der Waals surface area contributed by atoms with E-state index in [1.54, 1.807) is 12.1 Å². The van der Waals surface area contributed by atoms with Crippen LogP contribution in [0.15, 0.2) is 53.5 Å². The third kappa shape index (κ3) is 3.08. The van der Waals surface area contributed by atoms with E-state index in [2.05, 4.69) is 11.1 Å². The number of benzene rings is 3. The first-order valence-electron chi connectivity index (χ1n) is 8.38. The van der Waals surface area contributed by atoms with Crippen LogP contribution in [0.25, 0.3) is 10.8 Å². The molecular formula is C21H12Cl3F3N. The van der Waals surface area contributed by atoms with Gasteiger partial charge in [0.2, 0.25) is 0 Å². The Kier molecular flexibility index (Phi) is 4.85. The van der Waals surface area contributed by atoms with E-state index in [0.717, 1.165) is 10.8 Å². The topological polar surface area (TPSA) is 12.4 Å². The van der Waals surface area contributed by atoms with E-state index in [-0.39, 0.29) is 27.1 Å². The Morgan fingerprint density at radius 3 is 2.36 bits per heavy atom. The maximum Gasteiger partial charge on any atom is 0.400 e. The molecule has 0 saturated heterocycles. The fourth-order valence-electron chi connectivity index (χ4n) is 3.59. The summed E-state index contributed by atoms with van der Waals surface area (Å²) in [5.41, 5.74) is -1.18. The third-order valence-electron chi connectivity index (χ3n) is 5.11. The zero-order valence-electron chi connectivity index (χ0n) is 14.2. The van der Waals surface area contributed by atoms with Crippen LogP contribution in [0.4, 0.5) is 13.2 Å². The molecule has 1 nitrogen and oxygen atoms in total. The van der Waals surface area contributed by atoms with Crippen molar-refractivity contribution in [1.29, 1.82) is 0 Å². The van der Waals surface area contributed by atoms with Crippen LogP contribution in [-0.4, -0.2) is 18.4 Å². The molecule has 7 heteroatoms. The molecule has 0 saturated carbocycles. The van der Waals surface area contributed by atoms with Crippen molar-refractivity contribution >= 4 is 51.3 Å². The van der Waals surface area contributed by atoms with Gasteiger partial charge in [-0.25, -0.2) is 0 Å². The summed E-state index contributed by atoms with van der Waals surface area (Å²) in [6, 6.07) is 16.4. The van der Waals surface area contributed by atoms with Gasteiger partial charge in [-0.3, -0.25) is 4.99 Å². The van der Waals surface area contributed by atoms with Gasteiger partial charge in [-0.05, 0) is 34.5 Å². The maximum absolute atomic E-state index is 14.3. The molecule has 1 aliphatic heterocycles. The molecule has 143 valence electrons. The smallest absolute Gasteiger partial charge is 0.288 e. The molecule has 1 unspecified atom stereocenters. The standard InChI is InChI=1S/C21H12Cl3F3N/c22-16-8-13(9-17(23)19(16)24)20(21(25,26)27)10-18(28-11-20)15-7-3-5-12-4-1-2-6-14(12)15/h1-4,6-9H,10-11H2. The summed E-state index contributed by atoms with van der Waals surface area (Å²) in [4.78, 5) is 4.30. The average Bonchev–Trinajstić information content (AvgIpc) is 3.12. The lowest BCUT2D eigenvalue weighted by molar-refractivity contribution is -0.183.